The summed E-state index contributed by atoms with van der Waals surface area (Å²) in [6, 6.07) is 0.726. The normalized spacial score (nSPS) is 18.5. The lowest BCUT2D eigenvalue weighted by Gasteiger charge is -2.20. The SMILES string of the molecule is CNC(c1c(Cl)cnn1C(C)C)C1CC1. The van der Waals surface area contributed by atoms with Crippen molar-refractivity contribution in [2.75, 3.05) is 7.05 Å². The summed E-state index contributed by atoms with van der Waals surface area (Å²) in [6.45, 7) is 4.26. The van der Waals surface area contributed by atoms with Crippen molar-refractivity contribution < 1.29 is 0 Å². The predicted molar refractivity (Wildman–Crippen MR) is 62.1 cm³/mol. The van der Waals surface area contributed by atoms with Gasteiger partial charge in [0.25, 0.3) is 0 Å². The van der Waals surface area contributed by atoms with Crippen LogP contribution in [0.4, 0.5) is 0 Å². The topological polar surface area (TPSA) is 29.9 Å². The third-order valence-electron chi connectivity index (χ3n) is 2.98. The van der Waals surface area contributed by atoms with Crippen LogP contribution in [0.5, 0.6) is 0 Å². The smallest absolute Gasteiger partial charge is 0.0834 e. The molecule has 3 nitrogen and oxygen atoms in total. The number of nitrogens with one attached hydrogen (secondary N) is 1. The number of aromatic nitrogens is 2. The summed E-state index contributed by atoms with van der Waals surface area (Å²) < 4.78 is 2.03. The van der Waals surface area contributed by atoms with Crippen molar-refractivity contribution in [3.8, 4) is 0 Å². The molecule has 1 saturated carbocycles. The van der Waals surface area contributed by atoms with Crippen LogP contribution in [0.2, 0.25) is 5.02 Å². The maximum atomic E-state index is 6.21. The molecule has 2 rings (SSSR count). The first-order valence-corrected chi connectivity index (χ1v) is 5.93. The molecule has 1 aliphatic rings. The van der Waals surface area contributed by atoms with E-state index in [4.69, 9.17) is 11.6 Å². The summed E-state index contributed by atoms with van der Waals surface area (Å²) >= 11 is 6.21. The van der Waals surface area contributed by atoms with Crippen molar-refractivity contribution in [2.24, 2.45) is 5.92 Å². The first-order chi connectivity index (χ1) is 7.15. The van der Waals surface area contributed by atoms with Crippen molar-refractivity contribution >= 4 is 11.6 Å². The zero-order chi connectivity index (χ0) is 11.0. The number of rotatable bonds is 4. The molecule has 1 fully saturated rings. The molecule has 0 radical (unpaired) electrons. The van der Waals surface area contributed by atoms with E-state index in [1.54, 1.807) is 6.20 Å². The van der Waals surface area contributed by atoms with Gasteiger partial charge in [0.2, 0.25) is 0 Å². The summed E-state index contributed by atoms with van der Waals surface area (Å²) in [5.41, 5.74) is 1.15. The lowest BCUT2D eigenvalue weighted by molar-refractivity contribution is 0.436. The van der Waals surface area contributed by atoms with E-state index in [1.165, 1.54) is 12.8 Å². The van der Waals surface area contributed by atoms with Crippen molar-refractivity contribution in [3.05, 3.63) is 16.9 Å². The molecule has 1 aromatic heterocycles. The lowest BCUT2D eigenvalue weighted by Crippen LogP contribution is -2.23. The summed E-state index contributed by atoms with van der Waals surface area (Å²) in [6.07, 6.45) is 4.35. The highest BCUT2D eigenvalue weighted by Crippen LogP contribution is 2.43. The molecule has 0 spiro atoms. The van der Waals surface area contributed by atoms with Crippen LogP contribution < -0.4 is 5.32 Å². The van der Waals surface area contributed by atoms with E-state index in [2.05, 4.69) is 24.3 Å². The summed E-state index contributed by atoms with van der Waals surface area (Å²) in [4.78, 5) is 0. The van der Waals surface area contributed by atoms with Crippen molar-refractivity contribution in [1.29, 1.82) is 0 Å². The van der Waals surface area contributed by atoms with Crippen LogP contribution in [0.15, 0.2) is 6.20 Å². The second kappa shape index (κ2) is 4.14. The molecule has 1 aliphatic carbocycles. The molecule has 15 heavy (non-hydrogen) atoms. The van der Waals surface area contributed by atoms with E-state index < -0.39 is 0 Å². The van der Waals surface area contributed by atoms with E-state index in [1.807, 2.05) is 11.7 Å². The highest BCUT2D eigenvalue weighted by Gasteiger charge is 2.35. The third kappa shape index (κ3) is 2.04. The molecule has 1 unspecified atom stereocenters. The van der Waals surface area contributed by atoms with Gasteiger partial charge in [-0.3, -0.25) is 4.68 Å². The zero-order valence-electron chi connectivity index (χ0n) is 9.50. The van der Waals surface area contributed by atoms with Crippen LogP contribution in [0.1, 0.15) is 44.5 Å². The highest BCUT2D eigenvalue weighted by molar-refractivity contribution is 6.31. The second-order valence-corrected chi connectivity index (χ2v) is 4.93. The van der Waals surface area contributed by atoms with Crippen LogP contribution >= 0.6 is 11.6 Å². The second-order valence-electron chi connectivity index (χ2n) is 4.52. The predicted octanol–water partition coefficient (Wildman–Crippen LogP) is 2.79. The van der Waals surface area contributed by atoms with Crippen molar-refractivity contribution in [3.63, 3.8) is 0 Å². The minimum absolute atomic E-state index is 0.363. The van der Waals surface area contributed by atoms with Gasteiger partial charge in [0, 0.05) is 6.04 Å². The molecular weight excluding hydrogens is 210 g/mol. The molecule has 1 aromatic rings. The van der Waals surface area contributed by atoms with Crippen LogP contribution in [0.25, 0.3) is 0 Å². The average Bonchev–Trinajstić information content (AvgIpc) is 2.93. The number of hydrogen-bond donors (Lipinski definition) is 1. The van der Waals surface area contributed by atoms with E-state index in [0.717, 1.165) is 16.6 Å². The number of nitrogens with zero attached hydrogens (tertiary/aromatic N) is 2. The molecule has 1 heterocycles. The summed E-state index contributed by atoms with van der Waals surface area (Å²) in [5, 5.41) is 8.48. The molecule has 1 N–H and O–H groups in total. The van der Waals surface area contributed by atoms with Gasteiger partial charge in [-0.25, -0.2) is 0 Å². The first-order valence-electron chi connectivity index (χ1n) is 5.55. The molecule has 84 valence electrons. The fourth-order valence-electron chi connectivity index (χ4n) is 2.08. The fraction of sp³-hybridized carbons (Fsp3) is 0.727. The van der Waals surface area contributed by atoms with E-state index in [9.17, 15) is 0 Å². The Kier molecular flexibility index (Phi) is 3.03. The minimum atomic E-state index is 0.363. The minimum Gasteiger partial charge on any atom is -0.311 e. The van der Waals surface area contributed by atoms with Gasteiger partial charge < -0.3 is 5.32 Å². The number of halogens is 1. The van der Waals surface area contributed by atoms with Gasteiger partial charge in [-0.1, -0.05) is 11.6 Å². The standard InChI is InChI=1S/C11H18ClN3/c1-7(2)15-11(9(12)6-14-15)10(13-3)8-4-5-8/h6-8,10,13H,4-5H2,1-3H3. The Hall–Kier alpha value is -0.540. The average molecular weight is 228 g/mol. The van der Waals surface area contributed by atoms with Crippen molar-refractivity contribution in [2.45, 2.75) is 38.8 Å². The Balaban J connectivity index is 2.34. The van der Waals surface area contributed by atoms with Crippen LogP contribution in [0.3, 0.4) is 0 Å². The maximum absolute atomic E-state index is 6.21. The Morgan fingerprint density at radius 1 is 1.53 bits per heavy atom. The molecule has 1 atom stereocenters. The lowest BCUT2D eigenvalue weighted by atomic mass is 10.1. The Labute approximate surface area is 95.8 Å². The molecule has 4 heteroatoms. The molecule has 0 aromatic carbocycles. The molecular formula is C11H18ClN3. The summed E-state index contributed by atoms with van der Waals surface area (Å²) in [5.74, 6) is 0.738. The Morgan fingerprint density at radius 2 is 2.20 bits per heavy atom. The molecule has 0 saturated heterocycles. The quantitative estimate of drug-likeness (QED) is 0.858. The molecule has 0 bridgehead atoms. The van der Waals surface area contributed by atoms with E-state index in [-0.39, 0.29) is 0 Å². The van der Waals surface area contributed by atoms with Gasteiger partial charge in [-0.2, -0.15) is 5.10 Å². The third-order valence-corrected chi connectivity index (χ3v) is 3.27. The zero-order valence-corrected chi connectivity index (χ0v) is 10.3. The van der Waals surface area contributed by atoms with Gasteiger partial charge in [-0.15, -0.1) is 0 Å². The summed E-state index contributed by atoms with van der Waals surface area (Å²) in [7, 11) is 2.00. The maximum Gasteiger partial charge on any atom is 0.0834 e. The van der Waals surface area contributed by atoms with Crippen molar-refractivity contribution in [1.82, 2.24) is 15.1 Å². The van der Waals surface area contributed by atoms with Crippen LogP contribution in [0, 0.1) is 5.92 Å². The van der Waals surface area contributed by atoms with Crippen LogP contribution in [-0.2, 0) is 0 Å². The Bertz CT molecular complexity index is 342. The van der Waals surface area contributed by atoms with Gasteiger partial charge >= 0.3 is 0 Å². The van der Waals surface area contributed by atoms with E-state index >= 15 is 0 Å². The van der Waals surface area contributed by atoms with Gasteiger partial charge in [0.1, 0.15) is 0 Å². The first kappa shape index (κ1) is 11.0. The van der Waals surface area contributed by atoms with Gasteiger partial charge in [0.05, 0.1) is 23.0 Å². The van der Waals surface area contributed by atoms with Gasteiger partial charge in [-0.05, 0) is 39.7 Å². The molecule has 0 amide bonds. The van der Waals surface area contributed by atoms with Crippen LogP contribution in [-0.4, -0.2) is 16.8 Å². The monoisotopic (exact) mass is 227 g/mol. The highest BCUT2D eigenvalue weighted by atomic mass is 35.5. The molecule has 0 aliphatic heterocycles. The van der Waals surface area contributed by atoms with Gasteiger partial charge in [0.15, 0.2) is 0 Å². The largest absolute Gasteiger partial charge is 0.311 e. The number of hydrogen-bond acceptors (Lipinski definition) is 2. The fourth-order valence-corrected chi connectivity index (χ4v) is 2.33. The van der Waals surface area contributed by atoms with E-state index in [0.29, 0.717) is 12.1 Å². The Morgan fingerprint density at radius 3 is 2.67 bits per heavy atom.